The van der Waals surface area contributed by atoms with Crippen LogP contribution in [0.2, 0.25) is 10.0 Å². The summed E-state index contributed by atoms with van der Waals surface area (Å²) in [6.45, 7) is 2.60. The highest BCUT2D eigenvalue weighted by molar-refractivity contribution is 7.89. The highest BCUT2D eigenvalue weighted by Gasteiger charge is 2.38. The maximum absolute atomic E-state index is 12.8. The lowest BCUT2D eigenvalue weighted by molar-refractivity contribution is 0.403. The van der Waals surface area contributed by atoms with Crippen molar-refractivity contribution >= 4 is 33.2 Å². The Morgan fingerprint density at radius 2 is 2.00 bits per heavy atom. The van der Waals surface area contributed by atoms with Crippen molar-refractivity contribution in [3.05, 3.63) is 27.7 Å². The van der Waals surface area contributed by atoms with Gasteiger partial charge < -0.3 is 5.73 Å². The fourth-order valence-corrected chi connectivity index (χ4v) is 4.86. The van der Waals surface area contributed by atoms with E-state index in [1.54, 1.807) is 6.07 Å². The van der Waals surface area contributed by atoms with Gasteiger partial charge in [-0.15, -0.1) is 0 Å². The van der Waals surface area contributed by atoms with Gasteiger partial charge in [-0.05, 0) is 37.0 Å². The summed E-state index contributed by atoms with van der Waals surface area (Å²) in [6, 6.07) is 3.10. The molecule has 0 unspecified atom stereocenters. The lowest BCUT2D eigenvalue weighted by Gasteiger charge is -2.22. The Labute approximate surface area is 129 Å². The highest BCUT2D eigenvalue weighted by atomic mass is 35.5. The first-order chi connectivity index (χ1) is 9.41. The fourth-order valence-electron chi connectivity index (χ4n) is 2.16. The molecule has 0 aliphatic heterocycles. The normalized spacial score (nSPS) is 15.8. The monoisotopic (exact) mass is 336 g/mol. The summed E-state index contributed by atoms with van der Waals surface area (Å²) < 4.78 is 27.1. The van der Waals surface area contributed by atoms with Gasteiger partial charge in [0.15, 0.2) is 0 Å². The lowest BCUT2D eigenvalue weighted by Crippen LogP contribution is -2.34. The second-order valence-electron chi connectivity index (χ2n) is 4.93. The standard InChI is InChI=1S/C13H18Cl2N2O2S/c1-2-5-17(11-3-4-11)20(18,19)12-7-10(14)6-9(8-16)13(12)15/h6-7,11H,2-5,8,16H2,1H3. The number of nitrogens with zero attached hydrogens (tertiary/aromatic N) is 1. The summed E-state index contributed by atoms with van der Waals surface area (Å²) in [5, 5.41) is 0.513. The molecule has 7 heteroatoms. The molecule has 1 aromatic rings. The maximum Gasteiger partial charge on any atom is 0.244 e. The second kappa shape index (κ2) is 6.20. The number of sulfonamides is 1. The third-order valence-electron chi connectivity index (χ3n) is 3.28. The van der Waals surface area contributed by atoms with E-state index in [4.69, 9.17) is 28.9 Å². The Balaban J connectivity index is 2.50. The van der Waals surface area contributed by atoms with Crippen LogP contribution in [0.25, 0.3) is 0 Å². The van der Waals surface area contributed by atoms with Crippen LogP contribution < -0.4 is 5.73 Å². The highest BCUT2D eigenvalue weighted by Crippen LogP contribution is 2.36. The molecule has 0 saturated heterocycles. The summed E-state index contributed by atoms with van der Waals surface area (Å²) in [5.74, 6) is 0. The van der Waals surface area contributed by atoms with Crippen molar-refractivity contribution in [2.45, 2.75) is 43.7 Å². The number of rotatable bonds is 6. The van der Waals surface area contributed by atoms with Crippen LogP contribution in [-0.4, -0.2) is 25.3 Å². The van der Waals surface area contributed by atoms with Gasteiger partial charge in [0, 0.05) is 24.2 Å². The zero-order valence-corrected chi connectivity index (χ0v) is 13.6. The first kappa shape index (κ1) is 16.0. The summed E-state index contributed by atoms with van der Waals surface area (Å²) in [7, 11) is -3.62. The van der Waals surface area contributed by atoms with Crippen LogP contribution >= 0.6 is 23.2 Å². The van der Waals surface area contributed by atoms with Crippen molar-refractivity contribution in [1.29, 1.82) is 0 Å². The predicted molar refractivity (Wildman–Crippen MR) is 81.6 cm³/mol. The van der Waals surface area contributed by atoms with Crippen LogP contribution in [0.5, 0.6) is 0 Å². The number of hydrogen-bond acceptors (Lipinski definition) is 3. The second-order valence-corrected chi connectivity index (χ2v) is 7.60. The minimum atomic E-state index is -3.62. The van der Waals surface area contributed by atoms with E-state index in [2.05, 4.69) is 0 Å². The summed E-state index contributed by atoms with van der Waals surface area (Å²) in [5.41, 5.74) is 6.13. The van der Waals surface area contributed by atoms with Crippen LogP contribution in [-0.2, 0) is 16.6 Å². The number of hydrogen-bond donors (Lipinski definition) is 1. The molecule has 0 aromatic heterocycles. The van der Waals surface area contributed by atoms with Crippen molar-refractivity contribution < 1.29 is 8.42 Å². The molecular formula is C13H18Cl2N2O2S. The van der Waals surface area contributed by atoms with Crippen molar-refractivity contribution in [3.8, 4) is 0 Å². The van der Waals surface area contributed by atoms with Crippen LogP contribution in [0, 0.1) is 0 Å². The predicted octanol–water partition coefficient (Wildman–Crippen LogP) is 3.02. The van der Waals surface area contributed by atoms with Gasteiger partial charge in [0.2, 0.25) is 10.0 Å². The van der Waals surface area contributed by atoms with Gasteiger partial charge in [-0.3, -0.25) is 0 Å². The van der Waals surface area contributed by atoms with Gasteiger partial charge in [-0.1, -0.05) is 30.1 Å². The molecule has 0 bridgehead atoms. The smallest absolute Gasteiger partial charge is 0.244 e. The van der Waals surface area contributed by atoms with E-state index in [-0.39, 0.29) is 22.5 Å². The molecule has 1 aliphatic rings. The Hall–Kier alpha value is -0.330. The largest absolute Gasteiger partial charge is 0.326 e. The SMILES string of the molecule is CCCN(C1CC1)S(=O)(=O)c1cc(Cl)cc(CN)c1Cl. The summed E-state index contributed by atoms with van der Waals surface area (Å²) in [4.78, 5) is 0.0625. The molecular weight excluding hydrogens is 319 g/mol. The molecule has 0 atom stereocenters. The van der Waals surface area contributed by atoms with Gasteiger partial charge in [0.1, 0.15) is 4.90 Å². The van der Waals surface area contributed by atoms with Crippen LogP contribution in [0.15, 0.2) is 17.0 Å². The zero-order chi connectivity index (χ0) is 14.9. The topological polar surface area (TPSA) is 63.4 Å². The van der Waals surface area contributed by atoms with Gasteiger partial charge in [-0.25, -0.2) is 8.42 Å². The molecule has 1 aliphatic carbocycles. The molecule has 0 amide bonds. The minimum absolute atomic E-state index is 0.0625. The molecule has 20 heavy (non-hydrogen) atoms. The van der Waals surface area contributed by atoms with E-state index in [0.717, 1.165) is 19.3 Å². The van der Waals surface area contributed by atoms with Crippen LogP contribution in [0.1, 0.15) is 31.7 Å². The van der Waals surface area contributed by atoms with E-state index in [1.807, 2.05) is 6.92 Å². The quantitative estimate of drug-likeness (QED) is 0.868. The molecule has 112 valence electrons. The molecule has 0 spiro atoms. The third-order valence-corrected chi connectivity index (χ3v) is 6.04. The molecule has 2 rings (SSSR count). The molecule has 1 saturated carbocycles. The van der Waals surface area contributed by atoms with Gasteiger partial charge in [0.05, 0.1) is 5.02 Å². The van der Waals surface area contributed by atoms with Crippen molar-refractivity contribution in [1.82, 2.24) is 4.31 Å². The van der Waals surface area contributed by atoms with Crippen molar-refractivity contribution in [3.63, 3.8) is 0 Å². The fraction of sp³-hybridized carbons (Fsp3) is 0.538. The van der Waals surface area contributed by atoms with Crippen LogP contribution in [0.4, 0.5) is 0 Å². The van der Waals surface area contributed by atoms with E-state index in [0.29, 0.717) is 17.1 Å². The first-order valence-corrected chi connectivity index (χ1v) is 8.81. The average molecular weight is 337 g/mol. The number of benzene rings is 1. The Morgan fingerprint density at radius 1 is 1.35 bits per heavy atom. The maximum atomic E-state index is 12.8. The van der Waals surface area contributed by atoms with E-state index < -0.39 is 10.0 Å². The first-order valence-electron chi connectivity index (χ1n) is 6.61. The number of halogens is 2. The van der Waals surface area contributed by atoms with Crippen molar-refractivity contribution in [2.24, 2.45) is 5.73 Å². The molecule has 4 nitrogen and oxygen atoms in total. The molecule has 1 fully saturated rings. The molecule has 0 heterocycles. The summed E-state index contributed by atoms with van der Waals surface area (Å²) >= 11 is 12.2. The van der Waals surface area contributed by atoms with E-state index in [1.165, 1.54) is 10.4 Å². The lowest BCUT2D eigenvalue weighted by atomic mass is 10.2. The van der Waals surface area contributed by atoms with Gasteiger partial charge >= 0.3 is 0 Å². The molecule has 1 aromatic carbocycles. The Bertz CT molecular complexity index is 601. The average Bonchev–Trinajstić information content (AvgIpc) is 3.22. The summed E-state index contributed by atoms with van der Waals surface area (Å²) in [6.07, 6.45) is 2.57. The van der Waals surface area contributed by atoms with Gasteiger partial charge in [0.25, 0.3) is 0 Å². The Morgan fingerprint density at radius 3 is 2.50 bits per heavy atom. The Kier molecular flexibility index (Phi) is 4.97. The van der Waals surface area contributed by atoms with E-state index >= 15 is 0 Å². The minimum Gasteiger partial charge on any atom is -0.326 e. The van der Waals surface area contributed by atoms with Crippen molar-refractivity contribution in [2.75, 3.05) is 6.54 Å². The third kappa shape index (κ3) is 3.12. The number of nitrogens with two attached hydrogens (primary N) is 1. The zero-order valence-electron chi connectivity index (χ0n) is 11.3. The van der Waals surface area contributed by atoms with E-state index in [9.17, 15) is 8.42 Å². The molecule has 2 N–H and O–H groups in total. The van der Waals surface area contributed by atoms with Gasteiger partial charge in [-0.2, -0.15) is 4.31 Å². The molecule has 0 radical (unpaired) electrons. The van der Waals surface area contributed by atoms with Crippen LogP contribution in [0.3, 0.4) is 0 Å².